The van der Waals surface area contributed by atoms with Gasteiger partial charge < -0.3 is 14.2 Å². The Morgan fingerprint density at radius 2 is 2.11 bits per heavy atom. The second kappa shape index (κ2) is 6.75. The van der Waals surface area contributed by atoms with Crippen molar-refractivity contribution in [2.45, 2.75) is 19.4 Å². The first kappa shape index (κ1) is 17.1. The number of hydrogen-bond donors (Lipinski definition) is 1. The van der Waals surface area contributed by atoms with Gasteiger partial charge in [-0.3, -0.25) is 14.0 Å². The molecule has 0 unspecified atom stereocenters. The molecule has 140 valence electrons. The molecule has 1 saturated heterocycles. The van der Waals surface area contributed by atoms with E-state index in [0.717, 1.165) is 0 Å². The van der Waals surface area contributed by atoms with Crippen molar-refractivity contribution < 1.29 is 14.0 Å². The predicted molar refractivity (Wildman–Crippen MR) is 95.5 cm³/mol. The lowest BCUT2D eigenvalue weighted by atomic mass is 10.2. The minimum absolute atomic E-state index is 0.146. The number of carbonyl (C=O) groups is 2. The Morgan fingerprint density at radius 1 is 1.26 bits per heavy atom. The summed E-state index contributed by atoms with van der Waals surface area (Å²) in [7, 11) is 0. The number of carbonyl (C=O) groups excluding carboxylic acids is 2. The maximum absolute atomic E-state index is 13.0. The molecular weight excluding hydrogens is 350 g/mol. The van der Waals surface area contributed by atoms with Gasteiger partial charge >= 0.3 is 5.69 Å². The number of nitrogens with zero attached hydrogens (tertiary/aromatic N) is 4. The lowest BCUT2D eigenvalue weighted by Crippen LogP contribution is -2.44. The summed E-state index contributed by atoms with van der Waals surface area (Å²) < 4.78 is 6.54. The van der Waals surface area contributed by atoms with E-state index in [-0.39, 0.29) is 23.5 Å². The third-order valence-corrected chi connectivity index (χ3v) is 4.79. The Balaban J connectivity index is 1.53. The smallest absolute Gasteiger partial charge is 0.347 e. The lowest BCUT2D eigenvalue weighted by molar-refractivity contribution is 0.0637. The van der Waals surface area contributed by atoms with Crippen LogP contribution in [0.1, 0.15) is 34.3 Å². The normalized spacial score (nSPS) is 17.9. The molecule has 1 aliphatic rings. The fourth-order valence-corrected chi connectivity index (χ4v) is 3.41. The molecule has 3 aromatic heterocycles. The van der Waals surface area contributed by atoms with E-state index in [0.29, 0.717) is 43.0 Å². The van der Waals surface area contributed by atoms with Gasteiger partial charge in [0.1, 0.15) is 0 Å². The SMILES string of the molecule is C[C@@H]1CN(C(=O)c2ccco2)CCCN1C(=O)c1ccn2c(=O)[nH]nc2c1. The van der Waals surface area contributed by atoms with Crippen LogP contribution in [0.2, 0.25) is 0 Å². The van der Waals surface area contributed by atoms with Crippen molar-refractivity contribution in [1.82, 2.24) is 24.4 Å². The highest BCUT2D eigenvalue weighted by atomic mass is 16.3. The van der Waals surface area contributed by atoms with Gasteiger partial charge in [-0.05, 0) is 37.6 Å². The molecule has 0 bridgehead atoms. The predicted octanol–water partition coefficient (Wildman–Crippen LogP) is 0.992. The van der Waals surface area contributed by atoms with Crippen LogP contribution in [0.15, 0.2) is 45.9 Å². The van der Waals surface area contributed by atoms with Gasteiger partial charge in [-0.2, -0.15) is 5.10 Å². The summed E-state index contributed by atoms with van der Waals surface area (Å²) in [6.45, 7) is 3.44. The van der Waals surface area contributed by atoms with Crippen molar-refractivity contribution in [3.63, 3.8) is 0 Å². The summed E-state index contributed by atoms with van der Waals surface area (Å²) in [5.74, 6) is -0.0115. The van der Waals surface area contributed by atoms with Crippen LogP contribution in [-0.2, 0) is 0 Å². The molecule has 27 heavy (non-hydrogen) atoms. The Bertz CT molecular complexity index is 1040. The molecular formula is C18H19N5O4. The average molecular weight is 369 g/mol. The largest absolute Gasteiger partial charge is 0.459 e. The number of aromatic amines is 1. The van der Waals surface area contributed by atoms with Crippen molar-refractivity contribution in [3.8, 4) is 0 Å². The molecule has 0 radical (unpaired) electrons. The first-order valence-corrected chi connectivity index (χ1v) is 8.75. The Hall–Kier alpha value is -3.36. The molecule has 0 aliphatic carbocycles. The van der Waals surface area contributed by atoms with E-state index in [2.05, 4.69) is 10.2 Å². The molecule has 4 rings (SSSR count). The zero-order valence-electron chi connectivity index (χ0n) is 14.8. The van der Waals surface area contributed by atoms with Crippen molar-refractivity contribution in [2.24, 2.45) is 0 Å². The first-order chi connectivity index (χ1) is 13.0. The number of pyridine rings is 1. The second-order valence-electron chi connectivity index (χ2n) is 6.60. The van der Waals surface area contributed by atoms with E-state index in [1.54, 1.807) is 34.1 Å². The zero-order chi connectivity index (χ0) is 19.0. The Labute approximate surface area is 154 Å². The molecule has 1 N–H and O–H groups in total. The highest BCUT2D eigenvalue weighted by Gasteiger charge is 2.29. The van der Waals surface area contributed by atoms with Gasteiger partial charge in [0.05, 0.1) is 6.26 Å². The number of amides is 2. The van der Waals surface area contributed by atoms with Gasteiger partial charge in [0, 0.05) is 37.4 Å². The molecule has 0 aromatic carbocycles. The quantitative estimate of drug-likeness (QED) is 0.725. The molecule has 1 aliphatic heterocycles. The van der Waals surface area contributed by atoms with Gasteiger partial charge in [0.25, 0.3) is 11.8 Å². The summed E-state index contributed by atoms with van der Waals surface area (Å²) >= 11 is 0. The molecule has 9 nitrogen and oxygen atoms in total. The minimum Gasteiger partial charge on any atom is -0.459 e. The number of nitrogens with one attached hydrogen (secondary N) is 1. The van der Waals surface area contributed by atoms with Gasteiger partial charge in [-0.15, -0.1) is 0 Å². The number of aromatic nitrogens is 3. The molecule has 1 atom stereocenters. The summed E-state index contributed by atoms with van der Waals surface area (Å²) in [6.07, 6.45) is 3.68. The molecule has 3 aromatic rings. The summed E-state index contributed by atoms with van der Waals surface area (Å²) in [4.78, 5) is 40.6. The van der Waals surface area contributed by atoms with Crippen LogP contribution in [0.25, 0.3) is 5.65 Å². The molecule has 1 fully saturated rings. The van der Waals surface area contributed by atoms with Crippen LogP contribution in [0.4, 0.5) is 0 Å². The van der Waals surface area contributed by atoms with Crippen LogP contribution in [0, 0.1) is 0 Å². The highest BCUT2D eigenvalue weighted by Crippen LogP contribution is 2.17. The minimum atomic E-state index is -0.348. The van der Waals surface area contributed by atoms with Gasteiger partial charge in [-0.1, -0.05) is 0 Å². The average Bonchev–Trinajstić information content (AvgIpc) is 3.28. The monoisotopic (exact) mass is 369 g/mol. The van der Waals surface area contributed by atoms with E-state index in [9.17, 15) is 14.4 Å². The van der Waals surface area contributed by atoms with Crippen molar-refractivity contribution in [2.75, 3.05) is 19.6 Å². The maximum Gasteiger partial charge on any atom is 0.347 e. The van der Waals surface area contributed by atoms with Crippen LogP contribution in [-0.4, -0.2) is 61.9 Å². The number of hydrogen-bond acceptors (Lipinski definition) is 5. The van der Waals surface area contributed by atoms with Crippen molar-refractivity contribution >= 4 is 17.5 Å². The molecule has 2 amide bonds. The van der Waals surface area contributed by atoms with Crippen LogP contribution < -0.4 is 5.69 Å². The second-order valence-corrected chi connectivity index (χ2v) is 6.60. The van der Waals surface area contributed by atoms with Crippen LogP contribution in [0.3, 0.4) is 0 Å². The highest BCUT2D eigenvalue weighted by molar-refractivity contribution is 5.95. The summed E-state index contributed by atoms with van der Waals surface area (Å²) in [6, 6.07) is 6.36. The van der Waals surface area contributed by atoms with Crippen LogP contribution >= 0.6 is 0 Å². The Kier molecular flexibility index (Phi) is 4.27. The molecule has 0 spiro atoms. The third-order valence-electron chi connectivity index (χ3n) is 4.79. The third kappa shape index (κ3) is 3.12. The zero-order valence-corrected chi connectivity index (χ0v) is 14.8. The van der Waals surface area contributed by atoms with E-state index in [1.807, 2.05) is 6.92 Å². The van der Waals surface area contributed by atoms with Crippen molar-refractivity contribution in [1.29, 1.82) is 0 Å². The Morgan fingerprint density at radius 3 is 2.89 bits per heavy atom. The van der Waals surface area contributed by atoms with Crippen LogP contribution in [0.5, 0.6) is 0 Å². The summed E-state index contributed by atoms with van der Waals surface area (Å²) in [5, 5.41) is 6.25. The van der Waals surface area contributed by atoms with E-state index in [1.165, 1.54) is 16.9 Å². The fraction of sp³-hybridized carbons (Fsp3) is 0.333. The number of furan rings is 1. The molecule has 4 heterocycles. The van der Waals surface area contributed by atoms with Gasteiger partial charge in [0.15, 0.2) is 11.4 Å². The van der Waals surface area contributed by atoms with E-state index < -0.39 is 0 Å². The first-order valence-electron chi connectivity index (χ1n) is 8.75. The number of H-pyrrole nitrogens is 1. The van der Waals surface area contributed by atoms with E-state index >= 15 is 0 Å². The fourth-order valence-electron chi connectivity index (χ4n) is 3.41. The molecule has 0 saturated carbocycles. The summed E-state index contributed by atoms with van der Waals surface area (Å²) in [5.41, 5.74) is 0.501. The topological polar surface area (TPSA) is 104 Å². The standard InChI is InChI=1S/C18H19N5O4/c1-12-11-21(17(25)14-4-2-9-27-14)6-3-7-22(12)16(24)13-5-8-23-15(10-13)19-20-18(23)26/h2,4-5,8-10,12H,3,6-7,11H2,1H3,(H,20,26)/t12-/m1/s1. The molecule has 9 heteroatoms. The maximum atomic E-state index is 13.0. The lowest BCUT2D eigenvalue weighted by Gasteiger charge is -2.29. The van der Waals surface area contributed by atoms with Crippen molar-refractivity contribution in [3.05, 3.63) is 58.5 Å². The van der Waals surface area contributed by atoms with Gasteiger partial charge in [0.2, 0.25) is 0 Å². The number of rotatable bonds is 2. The van der Waals surface area contributed by atoms with E-state index in [4.69, 9.17) is 4.42 Å². The number of fused-ring (bicyclic) bond motifs is 1. The van der Waals surface area contributed by atoms with Gasteiger partial charge in [-0.25, -0.2) is 9.89 Å².